The summed E-state index contributed by atoms with van der Waals surface area (Å²) in [7, 11) is 0. The molecule has 1 heteroatoms. The molecule has 1 atom stereocenters. The molecule has 0 unspecified atom stereocenters. The molecule has 0 fully saturated rings. The predicted octanol–water partition coefficient (Wildman–Crippen LogP) is 1.43. The Labute approximate surface area is 49.9 Å². The summed E-state index contributed by atoms with van der Waals surface area (Å²) in [5.74, 6) is 0.639. The van der Waals surface area contributed by atoms with Crippen LogP contribution in [0.4, 0.5) is 0 Å². The van der Waals surface area contributed by atoms with Gasteiger partial charge in [0.05, 0.1) is 0 Å². The van der Waals surface area contributed by atoms with E-state index in [1.54, 1.807) is 0 Å². The van der Waals surface area contributed by atoms with Gasteiger partial charge < -0.3 is 5.73 Å². The van der Waals surface area contributed by atoms with Gasteiger partial charge in [-0.25, -0.2) is 0 Å². The van der Waals surface area contributed by atoms with Crippen LogP contribution in [0.1, 0.15) is 13.3 Å². The summed E-state index contributed by atoms with van der Waals surface area (Å²) < 4.78 is 0. The minimum absolute atomic E-state index is 0.639. The molecule has 8 heavy (non-hydrogen) atoms. The Morgan fingerprint density at radius 1 is 1.75 bits per heavy atom. The zero-order valence-corrected chi connectivity index (χ0v) is 5.09. The van der Waals surface area contributed by atoms with E-state index in [1.807, 2.05) is 12.2 Å². The largest absolute Gasteiger partial charge is 0.402 e. The van der Waals surface area contributed by atoms with Crippen LogP contribution in [0.5, 0.6) is 0 Å². The molecule has 0 aromatic rings. The van der Waals surface area contributed by atoms with E-state index in [4.69, 9.17) is 5.73 Å². The van der Waals surface area contributed by atoms with Crippen molar-refractivity contribution in [3.63, 3.8) is 0 Å². The van der Waals surface area contributed by atoms with Gasteiger partial charge in [0, 0.05) is 5.70 Å². The van der Waals surface area contributed by atoms with Gasteiger partial charge in [-0.2, -0.15) is 0 Å². The third-order valence-corrected chi connectivity index (χ3v) is 1.31. The quantitative estimate of drug-likeness (QED) is 0.500. The lowest BCUT2D eigenvalue weighted by Gasteiger charge is -2.08. The van der Waals surface area contributed by atoms with E-state index in [1.165, 1.54) is 0 Å². The summed E-state index contributed by atoms with van der Waals surface area (Å²) in [6.07, 6.45) is 7.16. The number of hydrogen-bond acceptors (Lipinski definition) is 1. The number of hydrogen-bond donors (Lipinski definition) is 1. The minimum Gasteiger partial charge on any atom is -0.402 e. The summed E-state index contributed by atoms with van der Waals surface area (Å²) in [5, 5.41) is 0. The SMILES string of the molecule is C[C@H]1C=CC=C(N)C1. The summed E-state index contributed by atoms with van der Waals surface area (Å²) in [4.78, 5) is 0. The Bertz CT molecular complexity index is 133. The van der Waals surface area contributed by atoms with Gasteiger partial charge in [-0.15, -0.1) is 0 Å². The molecule has 0 aliphatic heterocycles. The normalized spacial score (nSPS) is 27.6. The first-order valence-corrected chi connectivity index (χ1v) is 2.92. The topological polar surface area (TPSA) is 26.0 Å². The molecular formula is C7H11N. The average Bonchev–Trinajstić information content (AvgIpc) is 1.64. The van der Waals surface area contributed by atoms with Crippen LogP contribution in [0.3, 0.4) is 0 Å². The molecular weight excluding hydrogens is 98.1 g/mol. The lowest BCUT2D eigenvalue weighted by atomic mass is 10.0. The van der Waals surface area contributed by atoms with Crippen LogP contribution in [-0.4, -0.2) is 0 Å². The molecule has 44 valence electrons. The maximum absolute atomic E-state index is 5.54. The van der Waals surface area contributed by atoms with Crippen LogP contribution in [-0.2, 0) is 0 Å². The molecule has 1 nitrogen and oxygen atoms in total. The van der Waals surface area contributed by atoms with Crippen molar-refractivity contribution in [1.29, 1.82) is 0 Å². The van der Waals surface area contributed by atoms with Crippen molar-refractivity contribution < 1.29 is 0 Å². The van der Waals surface area contributed by atoms with Crippen LogP contribution in [0.25, 0.3) is 0 Å². The first-order valence-electron chi connectivity index (χ1n) is 2.92. The lowest BCUT2D eigenvalue weighted by Crippen LogP contribution is -2.04. The molecule has 0 bridgehead atoms. The zero-order valence-electron chi connectivity index (χ0n) is 5.09. The minimum atomic E-state index is 0.639. The van der Waals surface area contributed by atoms with Gasteiger partial charge in [0.15, 0.2) is 0 Å². The first-order chi connectivity index (χ1) is 3.79. The Morgan fingerprint density at radius 2 is 2.50 bits per heavy atom. The molecule has 0 radical (unpaired) electrons. The molecule has 0 saturated carbocycles. The molecule has 2 N–H and O–H groups in total. The van der Waals surface area contributed by atoms with Gasteiger partial charge >= 0.3 is 0 Å². The van der Waals surface area contributed by atoms with Gasteiger partial charge in [-0.05, 0) is 18.4 Å². The summed E-state index contributed by atoms with van der Waals surface area (Å²) >= 11 is 0. The number of nitrogens with two attached hydrogens (primary N) is 1. The molecule has 0 saturated heterocycles. The Hall–Kier alpha value is -0.720. The molecule has 1 rings (SSSR count). The van der Waals surface area contributed by atoms with Gasteiger partial charge in [0.25, 0.3) is 0 Å². The zero-order chi connectivity index (χ0) is 5.98. The van der Waals surface area contributed by atoms with E-state index in [0.717, 1.165) is 12.1 Å². The van der Waals surface area contributed by atoms with Crippen LogP contribution < -0.4 is 5.73 Å². The van der Waals surface area contributed by atoms with Crippen molar-refractivity contribution in [2.75, 3.05) is 0 Å². The highest BCUT2D eigenvalue weighted by molar-refractivity contribution is 5.16. The van der Waals surface area contributed by atoms with Crippen LogP contribution in [0.2, 0.25) is 0 Å². The Balaban J connectivity index is 2.59. The molecule has 1 aliphatic carbocycles. The molecule has 0 spiro atoms. The lowest BCUT2D eigenvalue weighted by molar-refractivity contribution is 0.701. The number of rotatable bonds is 0. The summed E-state index contributed by atoms with van der Waals surface area (Å²) in [6.45, 7) is 2.16. The van der Waals surface area contributed by atoms with Gasteiger partial charge in [0.1, 0.15) is 0 Å². The third kappa shape index (κ3) is 1.12. The fourth-order valence-electron chi connectivity index (χ4n) is 0.877. The van der Waals surface area contributed by atoms with E-state index in [2.05, 4.69) is 13.0 Å². The van der Waals surface area contributed by atoms with Crippen molar-refractivity contribution in [3.8, 4) is 0 Å². The highest BCUT2D eigenvalue weighted by Crippen LogP contribution is 2.12. The predicted molar refractivity (Wildman–Crippen MR) is 35.2 cm³/mol. The maximum Gasteiger partial charge on any atom is 0.00861 e. The first kappa shape index (κ1) is 5.42. The second-order valence-electron chi connectivity index (χ2n) is 2.31. The van der Waals surface area contributed by atoms with Crippen molar-refractivity contribution in [2.45, 2.75) is 13.3 Å². The van der Waals surface area contributed by atoms with E-state index in [0.29, 0.717) is 5.92 Å². The second kappa shape index (κ2) is 2.03. The van der Waals surface area contributed by atoms with Gasteiger partial charge in [-0.3, -0.25) is 0 Å². The van der Waals surface area contributed by atoms with Gasteiger partial charge in [0.2, 0.25) is 0 Å². The highest BCUT2D eigenvalue weighted by atomic mass is 14.6. The van der Waals surface area contributed by atoms with E-state index in [-0.39, 0.29) is 0 Å². The highest BCUT2D eigenvalue weighted by Gasteiger charge is 2.00. The second-order valence-corrected chi connectivity index (χ2v) is 2.31. The third-order valence-electron chi connectivity index (χ3n) is 1.31. The molecule has 0 amide bonds. The van der Waals surface area contributed by atoms with Crippen molar-refractivity contribution >= 4 is 0 Å². The number of allylic oxidation sites excluding steroid dienone is 4. The fourth-order valence-corrected chi connectivity index (χ4v) is 0.877. The standard InChI is InChI=1S/C7H11N/c1-6-3-2-4-7(8)5-6/h2-4,6H,5,8H2,1H3/t6-/m0/s1. The van der Waals surface area contributed by atoms with Crippen LogP contribution in [0.15, 0.2) is 23.9 Å². The Kier molecular flexibility index (Phi) is 1.38. The fraction of sp³-hybridized carbons (Fsp3) is 0.429. The van der Waals surface area contributed by atoms with Gasteiger partial charge in [-0.1, -0.05) is 19.1 Å². The van der Waals surface area contributed by atoms with Crippen molar-refractivity contribution in [1.82, 2.24) is 0 Å². The molecule has 0 aromatic heterocycles. The van der Waals surface area contributed by atoms with E-state index in [9.17, 15) is 0 Å². The molecule has 1 aliphatic rings. The summed E-state index contributed by atoms with van der Waals surface area (Å²) in [6, 6.07) is 0. The molecule has 0 aromatic carbocycles. The monoisotopic (exact) mass is 109 g/mol. The molecule has 0 heterocycles. The van der Waals surface area contributed by atoms with E-state index >= 15 is 0 Å². The summed E-state index contributed by atoms with van der Waals surface area (Å²) in [5.41, 5.74) is 6.54. The van der Waals surface area contributed by atoms with Crippen LogP contribution >= 0.6 is 0 Å². The van der Waals surface area contributed by atoms with Crippen molar-refractivity contribution in [2.24, 2.45) is 11.7 Å². The smallest absolute Gasteiger partial charge is 0.00861 e. The Morgan fingerprint density at radius 3 is 2.88 bits per heavy atom. The maximum atomic E-state index is 5.54. The average molecular weight is 109 g/mol. The van der Waals surface area contributed by atoms with Crippen LogP contribution in [0, 0.1) is 5.92 Å². The van der Waals surface area contributed by atoms with E-state index < -0.39 is 0 Å². The van der Waals surface area contributed by atoms with Crippen molar-refractivity contribution in [3.05, 3.63) is 23.9 Å².